The fraction of sp³-hybridized carbons (Fsp3) is 0.514. The molecule has 3 saturated carbocycles. The number of phenols is 2. The molecule has 4 aliphatic carbocycles. The normalized spacial score (nSPS) is 28.6. The van der Waals surface area contributed by atoms with Crippen LogP contribution < -0.4 is 20.7 Å². The van der Waals surface area contributed by atoms with Crippen LogP contribution in [-0.4, -0.2) is 87.1 Å². The Labute approximate surface area is 484 Å². The van der Waals surface area contributed by atoms with Crippen LogP contribution in [0, 0.1) is 47.3 Å². The van der Waals surface area contributed by atoms with E-state index in [0.717, 1.165) is 102 Å². The molecule has 3 fully saturated rings. The zero-order valence-electron chi connectivity index (χ0n) is 48.1. The van der Waals surface area contributed by atoms with Gasteiger partial charge in [-0.1, -0.05) is 131 Å². The van der Waals surface area contributed by atoms with Gasteiger partial charge in [0, 0.05) is 72.7 Å². The molecule has 6 aliphatic rings. The van der Waals surface area contributed by atoms with Crippen LogP contribution in [0.25, 0.3) is 10.8 Å². The quantitative estimate of drug-likeness (QED) is 0.0600. The first-order valence-corrected chi connectivity index (χ1v) is 31.0. The minimum absolute atomic E-state index is 0.00143. The zero-order valence-corrected chi connectivity index (χ0v) is 48.1. The summed E-state index contributed by atoms with van der Waals surface area (Å²) in [6, 6.07) is 25.6. The molecule has 0 radical (unpaired) electrons. The first kappa shape index (κ1) is 57.5. The van der Waals surface area contributed by atoms with Crippen LogP contribution in [0.4, 0.5) is 5.69 Å². The van der Waals surface area contributed by atoms with E-state index in [0.29, 0.717) is 62.2 Å². The summed E-state index contributed by atoms with van der Waals surface area (Å²) in [6.45, 7) is 3.75. The summed E-state index contributed by atoms with van der Waals surface area (Å²) in [7, 11) is 1.49. The van der Waals surface area contributed by atoms with Crippen LogP contribution in [0.2, 0.25) is 0 Å². The number of ether oxygens (including phenoxy) is 1. The number of methoxy groups -OCH3 is 1. The van der Waals surface area contributed by atoms with Gasteiger partial charge in [-0.05, 0) is 156 Å². The van der Waals surface area contributed by atoms with Crippen molar-refractivity contribution in [3.63, 3.8) is 0 Å². The van der Waals surface area contributed by atoms with E-state index in [4.69, 9.17) is 4.74 Å². The Hall–Kier alpha value is -6.36. The zero-order chi connectivity index (χ0) is 56.9. The Bertz CT molecular complexity index is 3190. The highest BCUT2D eigenvalue weighted by Gasteiger charge is 2.50. The molecule has 9 N–H and O–H groups in total. The molecule has 12 nitrogen and oxygen atoms in total. The number of fused-ring (bicyclic) bond motifs is 10. The number of hydrogen-bond acceptors (Lipinski definition) is 11. The lowest BCUT2D eigenvalue weighted by Crippen LogP contribution is -2.48. The number of benzene rings is 4. The Morgan fingerprint density at radius 3 is 2.38 bits per heavy atom. The summed E-state index contributed by atoms with van der Waals surface area (Å²) in [4.78, 5) is 33.7. The van der Waals surface area contributed by atoms with Crippen LogP contribution in [-0.2, 0) is 27.8 Å². The molecule has 434 valence electrons. The number of Topliss-reactive ketones (excluding diaryl/α,β-unsaturated/α-hetero) is 2. The second-order valence-corrected chi connectivity index (χ2v) is 25.4. The maximum absolute atomic E-state index is 15.5. The van der Waals surface area contributed by atoms with Crippen molar-refractivity contribution in [2.24, 2.45) is 35.5 Å². The molecular formula is C70H86N4O8. The van der Waals surface area contributed by atoms with Crippen LogP contribution in [0.3, 0.4) is 0 Å². The Morgan fingerprint density at radius 1 is 0.780 bits per heavy atom. The van der Waals surface area contributed by atoms with Crippen LogP contribution in [0.5, 0.6) is 17.2 Å². The summed E-state index contributed by atoms with van der Waals surface area (Å²) in [5.41, 5.74) is 6.66. The number of β-amino-alcohol motifs (C(OH)–C–C–N with tert-alkyl or cyclic N) is 1. The molecular weight excluding hydrogens is 1020 g/mol. The van der Waals surface area contributed by atoms with E-state index in [2.05, 4.69) is 64.1 Å². The molecule has 4 aromatic carbocycles. The lowest BCUT2D eigenvalue weighted by atomic mass is 9.60. The lowest BCUT2D eigenvalue weighted by molar-refractivity contribution is -0.142. The van der Waals surface area contributed by atoms with Crippen molar-refractivity contribution in [1.82, 2.24) is 15.6 Å². The third kappa shape index (κ3) is 12.6. The van der Waals surface area contributed by atoms with Crippen molar-refractivity contribution in [2.75, 3.05) is 32.1 Å². The van der Waals surface area contributed by atoms with Crippen molar-refractivity contribution in [3.05, 3.63) is 142 Å². The minimum atomic E-state index is -1.84. The predicted octanol–water partition coefficient (Wildman–Crippen LogP) is 11.5. The Balaban J connectivity index is 1.05. The smallest absolute Gasteiger partial charge is 0.173 e. The van der Waals surface area contributed by atoms with Crippen LogP contribution >= 0.6 is 0 Å². The van der Waals surface area contributed by atoms with Gasteiger partial charge >= 0.3 is 0 Å². The van der Waals surface area contributed by atoms with Gasteiger partial charge in [0.1, 0.15) is 11.6 Å². The maximum Gasteiger partial charge on any atom is 0.173 e. The first-order chi connectivity index (χ1) is 39.8. The standard InChI is InChI=1S/C70H86N4O8/c1-43-40-71-42-55(75)34-51-18-17-48-19-22-54(38-60(48)66(51)78)74-65-33-45(26-29-72-65)30-46-31-49-20-24-56(47-14-8-4-9-15-47)58-39-62(77)63(82-2)36-50(58)21-25-61(76)68(80)67(79)59(49)35-52(32-46)57(23-16-44-12-6-3-7-13-44)69(81)70(27-10-5-11-28-70)64-37-53(43)41-73-64/h4,8-9,14-15,17-19,22,26,33,36-39,41,43-44,46,49,52,55-57,59,68-69,71-75,77-78,80-81H,3,5-7,10-13,16,21,23,25,27-32,34-35,40,42H2,1-2H3. The second kappa shape index (κ2) is 25.6. The van der Waals surface area contributed by atoms with Gasteiger partial charge in [-0.25, -0.2) is 0 Å². The number of allylic oxidation sites excluding steroid dienone is 2. The van der Waals surface area contributed by atoms with Gasteiger partial charge in [-0.15, -0.1) is 0 Å². The second-order valence-electron chi connectivity index (χ2n) is 25.4. The van der Waals surface area contributed by atoms with Gasteiger partial charge < -0.3 is 51.2 Å². The number of carbonyl (C=O) groups excluding carboxylic acids is 2. The highest BCUT2D eigenvalue weighted by molar-refractivity contribution is 6.06. The minimum Gasteiger partial charge on any atom is -0.507 e. The summed E-state index contributed by atoms with van der Waals surface area (Å²) < 4.78 is 5.58. The van der Waals surface area contributed by atoms with Gasteiger partial charge in [0.05, 0.1) is 25.2 Å². The number of dihydropyridines is 1. The van der Waals surface area contributed by atoms with E-state index in [1.165, 1.54) is 39.2 Å². The van der Waals surface area contributed by atoms with Gasteiger partial charge in [0.2, 0.25) is 0 Å². The van der Waals surface area contributed by atoms with E-state index in [1.807, 2.05) is 60.7 Å². The van der Waals surface area contributed by atoms with Crippen molar-refractivity contribution in [1.29, 1.82) is 0 Å². The molecule has 3 heterocycles. The number of rotatable bonds is 5. The highest BCUT2D eigenvalue weighted by atomic mass is 16.5. The van der Waals surface area contributed by atoms with E-state index in [1.54, 1.807) is 12.1 Å². The number of aliphatic hydroxyl groups is 3. The third-order valence-electron chi connectivity index (χ3n) is 20.1. The van der Waals surface area contributed by atoms with Crippen molar-refractivity contribution < 1.29 is 39.9 Å². The lowest BCUT2D eigenvalue weighted by Gasteiger charge is -2.47. The van der Waals surface area contributed by atoms with Gasteiger partial charge in [-0.3, -0.25) is 9.59 Å². The average molecular weight is 1110 g/mol. The number of aromatic amines is 1. The van der Waals surface area contributed by atoms with E-state index in [9.17, 15) is 30.3 Å². The summed E-state index contributed by atoms with van der Waals surface area (Å²) in [6.07, 6.45) is 18.5. The number of hydrogen-bond donors (Lipinski definition) is 9. The third-order valence-corrected chi connectivity index (χ3v) is 20.1. The molecule has 1 spiro atoms. The van der Waals surface area contributed by atoms with Crippen molar-refractivity contribution in [2.45, 2.75) is 164 Å². The Kier molecular flexibility index (Phi) is 18.0. The van der Waals surface area contributed by atoms with Gasteiger partial charge in [-0.2, -0.15) is 0 Å². The van der Waals surface area contributed by atoms with Gasteiger partial charge in [0.25, 0.3) is 0 Å². The van der Waals surface area contributed by atoms with E-state index in [-0.39, 0.29) is 53.8 Å². The van der Waals surface area contributed by atoms with Gasteiger partial charge in [0.15, 0.2) is 29.2 Å². The number of aryl methyl sites for hydroxylation is 1. The number of ketones is 2. The van der Waals surface area contributed by atoms with Crippen LogP contribution in [0.15, 0.2) is 109 Å². The molecule has 12 heteroatoms. The first-order valence-electron chi connectivity index (χ1n) is 31.0. The number of aliphatic hydroxyl groups excluding tert-OH is 3. The fourth-order valence-electron chi connectivity index (χ4n) is 15.5. The topological polar surface area (TPSA) is 196 Å². The number of H-pyrrole nitrogens is 1. The molecule has 2 aliphatic heterocycles. The van der Waals surface area contributed by atoms with E-state index >= 15 is 4.79 Å². The molecule has 82 heavy (non-hydrogen) atoms. The SMILES string of the molecule is COc1cc2c(cc1O)C(c1ccccc1)C#CC1CC3CC4=CCNC(=C4)Nc4ccc5ccc(c(O)c5c4)CC(O)CNCC(C)c4c[nH]c(c4)C4(CCCCC4)C(O)C(CCC4CCCCC4)C(C3)CC1C(=O)C(O)C(=O)CC2. The van der Waals surface area contributed by atoms with Crippen LogP contribution in [0.1, 0.15) is 161 Å². The largest absolute Gasteiger partial charge is 0.507 e. The Morgan fingerprint density at radius 2 is 1.57 bits per heavy atom. The maximum atomic E-state index is 15.5. The number of aromatic hydroxyl groups is 2. The number of aromatic nitrogens is 1. The van der Waals surface area contributed by atoms with E-state index < -0.39 is 53.0 Å². The molecule has 0 saturated heterocycles. The fourth-order valence-corrected chi connectivity index (χ4v) is 15.5. The predicted molar refractivity (Wildman–Crippen MR) is 323 cm³/mol. The molecule has 11 rings (SSSR count). The molecule has 9 bridgehead atoms. The number of phenolic OH excluding ortho intramolecular Hbond substituents is 2. The monoisotopic (exact) mass is 1110 g/mol. The van der Waals surface area contributed by atoms with Crippen molar-refractivity contribution >= 4 is 28.0 Å². The average Bonchev–Trinajstić information content (AvgIpc) is 3.96. The van der Waals surface area contributed by atoms with Crippen molar-refractivity contribution in [3.8, 4) is 29.1 Å². The highest BCUT2D eigenvalue weighted by Crippen LogP contribution is 2.52. The summed E-state index contributed by atoms with van der Waals surface area (Å²) in [5.74, 6) is 6.12. The number of nitrogens with one attached hydrogen (secondary N) is 4. The molecule has 0 amide bonds. The summed E-state index contributed by atoms with van der Waals surface area (Å²) in [5, 5.41) is 72.7. The molecule has 5 aromatic rings. The number of carbonyl (C=O) groups is 2. The number of anilines is 1. The molecule has 10 atom stereocenters. The molecule has 10 unspecified atom stereocenters. The summed E-state index contributed by atoms with van der Waals surface area (Å²) >= 11 is 0. The molecule has 1 aromatic heterocycles.